The van der Waals surface area contributed by atoms with Crippen LogP contribution in [0.4, 0.5) is 5.69 Å². The third-order valence-electron chi connectivity index (χ3n) is 4.26. The summed E-state index contributed by atoms with van der Waals surface area (Å²) in [5.74, 6) is 1.08. The van der Waals surface area contributed by atoms with E-state index >= 15 is 0 Å². The predicted molar refractivity (Wildman–Crippen MR) is 107 cm³/mol. The highest BCUT2D eigenvalue weighted by atomic mass is 16.6. The van der Waals surface area contributed by atoms with Gasteiger partial charge < -0.3 is 14.4 Å². The highest BCUT2D eigenvalue weighted by Gasteiger charge is 2.21. The fraction of sp³-hybridized carbons (Fsp3) is 0.136. The van der Waals surface area contributed by atoms with Crippen molar-refractivity contribution in [3.05, 3.63) is 84.5 Å². The summed E-state index contributed by atoms with van der Waals surface area (Å²) in [5.41, 5.74) is 2.06. The molecule has 0 N–H and O–H groups in total. The van der Waals surface area contributed by atoms with Crippen molar-refractivity contribution in [2.24, 2.45) is 0 Å². The fourth-order valence-corrected chi connectivity index (χ4v) is 2.91. The van der Waals surface area contributed by atoms with Crippen LogP contribution in [0.25, 0.3) is 6.08 Å². The van der Waals surface area contributed by atoms with Crippen molar-refractivity contribution >= 4 is 17.7 Å². The van der Waals surface area contributed by atoms with Gasteiger partial charge in [0.05, 0.1) is 6.20 Å². The van der Waals surface area contributed by atoms with Crippen LogP contribution in [-0.4, -0.2) is 35.6 Å². The lowest BCUT2D eigenvalue weighted by molar-refractivity contribution is 0.0984. The van der Waals surface area contributed by atoms with Crippen LogP contribution in [0.15, 0.2) is 73.2 Å². The van der Waals surface area contributed by atoms with Crippen LogP contribution >= 0.6 is 0 Å². The summed E-state index contributed by atoms with van der Waals surface area (Å²) in [7, 11) is 0. The molecule has 28 heavy (non-hydrogen) atoms. The van der Waals surface area contributed by atoms with Gasteiger partial charge in [0, 0.05) is 30.7 Å². The summed E-state index contributed by atoms with van der Waals surface area (Å²) in [5, 5.41) is 0. The van der Waals surface area contributed by atoms with Gasteiger partial charge in [-0.05, 0) is 17.7 Å². The van der Waals surface area contributed by atoms with E-state index < -0.39 is 0 Å². The quantitative estimate of drug-likeness (QED) is 0.684. The summed E-state index contributed by atoms with van der Waals surface area (Å²) >= 11 is 0. The first-order chi connectivity index (χ1) is 13.8. The van der Waals surface area contributed by atoms with Crippen LogP contribution in [0.3, 0.4) is 0 Å². The van der Waals surface area contributed by atoms with Crippen LogP contribution in [0.5, 0.6) is 11.5 Å². The van der Waals surface area contributed by atoms with Crippen LogP contribution in [0, 0.1) is 0 Å². The molecule has 6 nitrogen and oxygen atoms in total. The second-order valence-electron chi connectivity index (χ2n) is 6.15. The van der Waals surface area contributed by atoms with E-state index in [9.17, 15) is 4.79 Å². The molecule has 0 radical (unpaired) electrons. The largest absolute Gasteiger partial charge is 0.486 e. The molecule has 1 amide bonds. The molecular formula is C22H19N3O3. The van der Waals surface area contributed by atoms with Crippen LogP contribution < -0.4 is 14.4 Å². The molecule has 0 saturated heterocycles. The molecule has 4 rings (SSSR count). The van der Waals surface area contributed by atoms with Gasteiger partial charge in [-0.1, -0.05) is 42.5 Å². The number of ether oxygens (including phenoxy) is 2. The Bertz CT molecular complexity index is 975. The highest BCUT2D eigenvalue weighted by Crippen LogP contribution is 2.34. The maximum atomic E-state index is 13.1. The number of rotatable bonds is 5. The molecule has 2 heterocycles. The Kier molecular flexibility index (Phi) is 5.29. The highest BCUT2D eigenvalue weighted by molar-refractivity contribution is 6.05. The van der Waals surface area contributed by atoms with Gasteiger partial charge in [-0.15, -0.1) is 0 Å². The number of hydrogen-bond donors (Lipinski definition) is 0. The maximum Gasteiger partial charge on any atom is 0.278 e. The zero-order valence-electron chi connectivity index (χ0n) is 15.2. The SMILES string of the molecule is O=C(c1cnccn1)N(C/C=C/c1ccccc1)c1ccc2c(c1)OCCO2. The summed E-state index contributed by atoms with van der Waals surface area (Å²) < 4.78 is 11.2. The number of nitrogens with zero attached hydrogens (tertiary/aromatic N) is 3. The first kappa shape index (κ1) is 17.7. The normalized spacial score (nSPS) is 12.7. The van der Waals surface area contributed by atoms with Crippen molar-refractivity contribution in [3.63, 3.8) is 0 Å². The van der Waals surface area contributed by atoms with Gasteiger partial charge in [0.15, 0.2) is 11.5 Å². The summed E-state index contributed by atoms with van der Waals surface area (Å²) in [6, 6.07) is 15.4. The molecule has 0 fully saturated rings. The van der Waals surface area contributed by atoms with E-state index in [1.165, 1.54) is 12.4 Å². The Morgan fingerprint density at radius 3 is 2.64 bits per heavy atom. The predicted octanol–water partition coefficient (Wildman–Crippen LogP) is 3.61. The average molecular weight is 373 g/mol. The number of carbonyl (C=O) groups is 1. The van der Waals surface area contributed by atoms with Crippen molar-refractivity contribution in [2.75, 3.05) is 24.7 Å². The number of hydrogen-bond acceptors (Lipinski definition) is 5. The summed E-state index contributed by atoms with van der Waals surface area (Å²) in [6.07, 6.45) is 8.44. The Morgan fingerprint density at radius 2 is 1.86 bits per heavy atom. The monoisotopic (exact) mass is 373 g/mol. The standard InChI is InChI=1S/C22H19N3O3/c26-22(19-16-23-10-11-24-19)25(12-4-7-17-5-2-1-3-6-17)18-8-9-20-21(15-18)28-14-13-27-20/h1-11,15-16H,12-14H2/b7-4+. The van der Waals surface area contributed by atoms with Gasteiger partial charge >= 0.3 is 0 Å². The van der Waals surface area contributed by atoms with Gasteiger partial charge in [0.1, 0.15) is 18.9 Å². The lowest BCUT2D eigenvalue weighted by Gasteiger charge is -2.24. The van der Waals surface area contributed by atoms with Crippen molar-refractivity contribution in [1.82, 2.24) is 9.97 Å². The van der Waals surface area contributed by atoms with Gasteiger partial charge in [-0.2, -0.15) is 0 Å². The van der Waals surface area contributed by atoms with E-state index in [0.717, 1.165) is 5.56 Å². The van der Waals surface area contributed by atoms with E-state index in [1.807, 2.05) is 60.7 Å². The first-order valence-corrected chi connectivity index (χ1v) is 9.00. The molecule has 0 atom stereocenters. The van der Waals surface area contributed by atoms with Crippen LogP contribution in [0.1, 0.15) is 16.1 Å². The van der Waals surface area contributed by atoms with Crippen LogP contribution in [-0.2, 0) is 0 Å². The van der Waals surface area contributed by atoms with Crippen molar-refractivity contribution in [2.45, 2.75) is 0 Å². The van der Waals surface area contributed by atoms with Crippen molar-refractivity contribution < 1.29 is 14.3 Å². The molecule has 0 aliphatic carbocycles. The minimum atomic E-state index is -0.234. The number of benzene rings is 2. The Morgan fingerprint density at radius 1 is 1.04 bits per heavy atom. The Hall–Kier alpha value is -3.67. The number of anilines is 1. The molecule has 1 aliphatic rings. The van der Waals surface area contributed by atoms with Gasteiger partial charge in [-0.25, -0.2) is 4.98 Å². The van der Waals surface area contributed by atoms with E-state index in [2.05, 4.69) is 9.97 Å². The number of fused-ring (bicyclic) bond motifs is 1. The Balaban J connectivity index is 1.63. The average Bonchev–Trinajstić information content (AvgIpc) is 2.77. The molecule has 0 saturated carbocycles. The molecule has 0 spiro atoms. The van der Waals surface area contributed by atoms with Crippen LogP contribution in [0.2, 0.25) is 0 Å². The zero-order chi connectivity index (χ0) is 19.2. The van der Waals surface area contributed by atoms with E-state index in [-0.39, 0.29) is 11.6 Å². The molecule has 3 aromatic rings. The summed E-state index contributed by atoms with van der Waals surface area (Å²) in [4.78, 5) is 22.9. The van der Waals surface area contributed by atoms with Gasteiger partial charge in [-0.3, -0.25) is 9.78 Å². The lowest BCUT2D eigenvalue weighted by atomic mass is 10.2. The lowest BCUT2D eigenvalue weighted by Crippen LogP contribution is -2.32. The van der Waals surface area contributed by atoms with Crippen molar-refractivity contribution in [3.8, 4) is 11.5 Å². The van der Waals surface area contributed by atoms with E-state index in [4.69, 9.17) is 9.47 Å². The smallest absolute Gasteiger partial charge is 0.278 e. The fourth-order valence-electron chi connectivity index (χ4n) is 2.91. The van der Waals surface area contributed by atoms with Gasteiger partial charge in [0.25, 0.3) is 5.91 Å². The molecule has 1 aromatic heterocycles. The molecular weight excluding hydrogens is 354 g/mol. The number of carbonyl (C=O) groups excluding carboxylic acids is 1. The zero-order valence-corrected chi connectivity index (χ0v) is 15.2. The Labute approximate surface area is 163 Å². The third kappa shape index (κ3) is 4.01. The molecule has 6 heteroatoms. The second kappa shape index (κ2) is 8.35. The second-order valence-corrected chi connectivity index (χ2v) is 6.15. The third-order valence-corrected chi connectivity index (χ3v) is 4.26. The van der Waals surface area contributed by atoms with E-state index in [0.29, 0.717) is 36.9 Å². The van der Waals surface area contributed by atoms with Crippen molar-refractivity contribution in [1.29, 1.82) is 0 Å². The molecule has 2 aromatic carbocycles. The van der Waals surface area contributed by atoms with E-state index in [1.54, 1.807) is 11.1 Å². The topological polar surface area (TPSA) is 64.6 Å². The molecule has 0 unspecified atom stereocenters. The summed E-state index contributed by atoms with van der Waals surface area (Å²) in [6.45, 7) is 1.39. The minimum Gasteiger partial charge on any atom is -0.486 e. The first-order valence-electron chi connectivity index (χ1n) is 9.00. The maximum absolute atomic E-state index is 13.1. The minimum absolute atomic E-state index is 0.234. The number of aromatic nitrogens is 2. The molecule has 140 valence electrons. The van der Waals surface area contributed by atoms with Gasteiger partial charge in [0.2, 0.25) is 0 Å². The molecule has 0 bridgehead atoms. The molecule has 1 aliphatic heterocycles. The number of amides is 1.